The minimum absolute atomic E-state index is 0.305. The van der Waals surface area contributed by atoms with Gasteiger partial charge in [-0.3, -0.25) is 4.68 Å². The maximum atomic E-state index is 4.52. The van der Waals surface area contributed by atoms with E-state index in [1.807, 2.05) is 24.9 Å². The quantitative estimate of drug-likeness (QED) is 0.883. The molecule has 1 atom stereocenters. The van der Waals surface area contributed by atoms with E-state index in [1.165, 1.54) is 10.6 Å². The van der Waals surface area contributed by atoms with Crippen molar-refractivity contribution in [3.05, 3.63) is 34.0 Å². The van der Waals surface area contributed by atoms with Gasteiger partial charge in [-0.2, -0.15) is 5.10 Å². The summed E-state index contributed by atoms with van der Waals surface area (Å²) < 4.78 is 1.84. The van der Waals surface area contributed by atoms with Crippen molar-refractivity contribution in [1.82, 2.24) is 20.1 Å². The molecule has 2 rings (SSSR count). The van der Waals surface area contributed by atoms with E-state index < -0.39 is 0 Å². The SMILES string of the molecule is CCNC(Cc1nc(C)cs1)c1cnn(C)c1. The van der Waals surface area contributed by atoms with Gasteiger partial charge in [0.15, 0.2) is 0 Å². The fourth-order valence-electron chi connectivity index (χ4n) is 1.85. The van der Waals surface area contributed by atoms with Crippen LogP contribution >= 0.6 is 11.3 Å². The van der Waals surface area contributed by atoms with E-state index >= 15 is 0 Å². The first-order valence-electron chi connectivity index (χ1n) is 5.82. The molecule has 0 radical (unpaired) electrons. The zero-order valence-corrected chi connectivity index (χ0v) is 11.3. The monoisotopic (exact) mass is 250 g/mol. The van der Waals surface area contributed by atoms with Crippen LogP contribution in [-0.4, -0.2) is 21.3 Å². The lowest BCUT2D eigenvalue weighted by molar-refractivity contribution is 0.548. The molecule has 0 saturated heterocycles. The highest BCUT2D eigenvalue weighted by atomic mass is 32.1. The van der Waals surface area contributed by atoms with Gasteiger partial charge in [-0.1, -0.05) is 6.92 Å². The highest BCUT2D eigenvalue weighted by Crippen LogP contribution is 2.20. The molecule has 0 fully saturated rings. The third kappa shape index (κ3) is 3.14. The molecule has 1 N–H and O–H groups in total. The number of rotatable bonds is 5. The van der Waals surface area contributed by atoms with Crippen molar-refractivity contribution < 1.29 is 0 Å². The second-order valence-corrected chi connectivity index (χ2v) is 5.09. The van der Waals surface area contributed by atoms with E-state index in [4.69, 9.17) is 0 Å². The largest absolute Gasteiger partial charge is 0.310 e. The van der Waals surface area contributed by atoms with Crippen molar-refractivity contribution in [2.45, 2.75) is 26.3 Å². The smallest absolute Gasteiger partial charge is 0.0947 e. The molecule has 0 aliphatic heterocycles. The van der Waals surface area contributed by atoms with Crippen molar-refractivity contribution in [3.63, 3.8) is 0 Å². The molecule has 0 aromatic carbocycles. The molecule has 0 amide bonds. The van der Waals surface area contributed by atoms with Crippen LogP contribution in [0, 0.1) is 6.92 Å². The predicted octanol–water partition coefficient (Wildman–Crippen LogP) is 2.08. The van der Waals surface area contributed by atoms with Gasteiger partial charge in [0.2, 0.25) is 0 Å². The first-order chi connectivity index (χ1) is 8.19. The highest BCUT2D eigenvalue weighted by Gasteiger charge is 2.14. The van der Waals surface area contributed by atoms with Crippen molar-refractivity contribution >= 4 is 11.3 Å². The van der Waals surface area contributed by atoms with E-state index in [1.54, 1.807) is 11.3 Å². The van der Waals surface area contributed by atoms with E-state index in [2.05, 4.69) is 33.9 Å². The summed E-state index contributed by atoms with van der Waals surface area (Å²) in [4.78, 5) is 4.52. The fraction of sp³-hybridized carbons (Fsp3) is 0.500. The summed E-state index contributed by atoms with van der Waals surface area (Å²) in [5.74, 6) is 0. The Balaban J connectivity index is 2.12. The van der Waals surface area contributed by atoms with Crippen LogP contribution in [0.5, 0.6) is 0 Å². The minimum atomic E-state index is 0.305. The lowest BCUT2D eigenvalue weighted by Crippen LogP contribution is -2.22. The van der Waals surface area contributed by atoms with Gasteiger partial charge < -0.3 is 5.32 Å². The summed E-state index contributed by atoms with van der Waals surface area (Å²) in [6, 6.07) is 0.305. The van der Waals surface area contributed by atoms with Gasteiger partial charge in [-0.25, -0.2) is 4.98 Å². The third-order valence-corrected chi connectivity index (χ3v) is 3.61. The van der Waals surface area contributed by atoms with Crippen LogP contribution in [0.3, 0.4) is 0 Å². The molecule has 2 aromatic rings. The molecule has 0 aliphatic carbocycles. The van der Waals surface area contributed by atoms with Crippen LogP contribution in [0.2, 0.25) is 0 Å². The van der Waals surface area contributed by atoms with Crippen molar-refractivity contribution in [2.24, 2.45) is 7.05 Å². The van der Waals surface area contributed by atoms with Crippen molar-refractivity contribution in [2.75, 3.05) is 6.54 Å². The number of hydrogen-bond acceptors (Lipinski definition) is 4. The van der Waals surface area contributed by atoms with Gasteiger partial charge in [-0.15, -0.1) is 11.3 Å². The number of aryl methyl sites for hydroxylation is 2. The zero-order chi connectivity index (χ0) is 12.3. The Morgan fingerprint density at radius 1 is 1.53 bits per heavy atom. The van der Waals surface area contributed by atoms with Crippen LogP contribution in [0.15, 0.2) is 17.8 Å². The third-order valence-electron chi connectivity index (χ3n) is 2.62. The molecular weight excluding hydrogens is 232 g/mol. The summed E-state index contributed by atoms with van der Waals surface area (Å²) in [6.07, 6.45) is 4.92. The molecule has 0 bridgehead atoms. The second-order valence-electron chi connectivity index (χ2n) is 4.14. The van der Waals surface area contributed by atoms with Crippen molar-refractivity contribution in [1.29, 1.82) is 0 Å². The van der Waals surface area contributed by atoms with Gasteiger partial charge in [0.05, 0.1) is 11.2 Å². The Morgan fingerprint density at radius 3 is 2.88 bits per heavy atom. The number of hydrogen-bond donors (Lipinski definition) is 1. The standard InChI is InChI=1S/C12H18N4S/c1-4-13-11(10-6-14-16(3)7-10)5-12-15-9(2)8-17-12/h6-8,11,13H,4-5H2,1-3H3. The number of nitrogens with zero attached hydrogens (tertiary/aromatic N) is 3. The van der Waals surface area contributed by atoms with Gasteiger partial charge in [0.1, 0.15) is 0 Å². The van der Waals surface area contributed by atoms with Crippen LogP contribution < -0.4 is 5.32 Å². The molecule has 17 heavy (non-hydrogen) atoms. The lowest BCUT2D eigenvalue weighted by atomic mass is 10.1. The van der Waals surface area contributed by atoms with Gasteiger partial charge >= 0.3 is 0 Å². The summed E-state index contributed by atoms with van der Waals surface area (Å²) in [7, 11) is 1.94. The second kappa shape index (κ2) is 5.42. The number of thiazole rings is 1. The van der Waals surface area contributed by atoms with Crippen LogP contribution in [0.25, 0.3) is 0 Å². The highest BCUT2D eigenvalue weighted by molar-refractivity contribution is 7.09. The molecule has 1 unspecified atom stereocenters. The Hall–Kier alpha value is -1.20. The van der Waals surface area contributed by atoms with E-state index in [0.717, 1.165) is 18.7 Å². The molecule has 2 aromatic heterocycles. The number of aromatic nitrogens is 3. The first kappa shape index (κ1) is 12.3. The Kier molecular flexibility index (Phi) is 3.91. The topological polar surface area (TPSA) is 42.7 Å². The molecule has 2 heterocycles. The average Bonchev–Trinajstić information content (AvgIpc) is 2.87. The van der Waals surface area contributed by atoms with Crippen molar-refractivity contribution in [3.8, 4) is 0 Å². The van der Waals surface area contributed by atoms with Crippen LogP contribution in [0.4, 0.5) is 0 Å². The summed E-state index contributed by atoms with van der Waals surface area (Å²) in [6.45, 7) is 5.10. The Labute approximate surface area is 106 Å². The fourth-order valence-corrected chi connectivity index (χ4v) is 2.66. The maximum Gasteiger partial charge on any atom is 0.0947 e. The summed E-state index contributed by atoms with van der Waals surface area (Å²) in [5, 5.41) is 11.0. The van der Waals surface area contributed by atoms with Crippen LogP contribution in [-0.2, 0) is 13.5 Å². The molecular formula is C12H18N4S. The van der Waals surface area contributed by atoms with Gasteiger partial charge in [0.25, 0.3) is 0 Å². The molecule has 0 spiro atoms. The van der Waals surface area contributed by atoms with Gasteiger partial charge in [-0.05, 0) is 13.5 Å². The number of likely N-dealkylation sites (N-methyl/N-ethyl adjacent to an activating group) is 1. The summed E-state index contributed by atoms with van der Waals surface area (Å²) >= 11 is 1.73. The minimum Gasteiger partial charge on any atom is -0.310 e. The lowest BCUT2D eigenvalue weighted by Gasteiger charge is -2.14. The van der Waals surface area contributed by atoms with Gasteiger partial charge in [0, 0.05) is 42.3 Å². The predicted molar refractivity (Wildman–Crippen MR) is 70.2 cm³/mol. The van der Waals surface area contributed by atoms with E-state index in [0.29, 0.717) is 6.04 Å². The normalized spacial score (nSPS) is 12.9. The molecule has 92 valence electrons. The van der Waals surface area contributed by atoms with E-state index in [-0.39, 0.29) is 0 Å². The number of nitrogens with one attached hydrogen (secondary N) is 1. The average molecular weight is 250 g/mol. The van der Waals surface area contributed by atoms with E-state index in [9.17, 15) is 0 Å². The molecule has 0 saturated carbocycles. The molecule has 5 heteroatoms. The summed E-state index contributed by atoms with van der Waals surface area (Å²) in [5.41, 5.74) is 2.33. The maximum absolute atomic E-state index is 4.52. The zero-order valence-electron chi connectivity index (χ0n) is 10.5. The first-order valence-corrected chi connectivity index (χ1v) is 6.70. The molecule has 0 aliphatic rings. The molecule has 4 nitrogen and oxygen atoms in total. The Morgan fingerprint density at radius 2 is 2.35 bits per heavy atom. The Bertz CT molecular complexity index is 474. The van der Waals surface area contributed by atoms with Crippen LogP contribution in [0.1, 0.15) is 29.2 Å².